The maximum absolute atomic E-state index is 9.46. The Balaban J connectivity index is 0.00000191. The van der Waals surface area contributed by atoms with E-state index < -0.39 is 0 Å². The van der Waals surface area contributed by atoms with Gasteiger partial charge in [0.15, 0.2) is 0 Å². The normalized spacial score (nSPS) is 17.2. The Hall–Kier alpha value is -2.09. The fraction of sp³-hybridized carbons (Fsp3) is 0.658. The molecule has 0 aliphatic heterocycles. The van der Waals surface area contributed by atoms with Crippen molar-refractivity contribution in [1.82, 2.24) is 0 Å². The summed E-state index contributed by atoms with van der Waals surface area (Å²) in [5.74, 6) is 1.59. The highest BCUT2D eigenvalue weighted by Gasteiger charge is 2.19. The van der Waals surface area contributed by atoms with Crippen molar-refractivity contribution in [3.05, 3.63) is 70.4 Å². The quantitative estimate of drug-likeness (QED) is 0.0904. The Labute approximate surface area is 249 Å². The van der Waals surface area contributed by atoms with Gasteiger partial charge in [-0.05, 0) is 137 Å². The van der Waals surface area contributed by atoms with Crippen LogP contribution in [-0.2, 0) is 9.53 Å². The number of allylic oxidation sites excluding steroid dienone is 11. The zero-order chi connectivity index (χ0) is 30.2. The number of carbonyl (C=O) groups excluding carboxylic acids is 1. The average molecular weight is 553 g/mol. The third-order valence-electron chi connectivity index (χ3n) is 7.47. The molecule has 0 heterocycles. The van der Waals surface area contributed by atoms with Crippen molar-refractivity contribution in [3.63, 3.8) is 0 Å². The minimum Gasteiger partial charge on any atom is -0.468 e. The van der Waals surface area contributed by atoms with E-state index in [1.54, 1.807) is 11.1 Å². The first-order valence-corrected chi connectivity index (χ1v) is 16.1. The monoisotopic (exact) mass is 552 g/mol. The maximum Gasteiger partial charge on any atom is 0.293 e. The molecule has 0 aromatic heterocycles. The van der Waals surface area contributed by atoms with Crippen molar-refractivity contribution >= 4 is 6.47 Å². The molecule has 0 radical (unpaired) electrons. The van der Waals surface area contributed by atoms with Crippen LogP contribution in [0.25, 0.3) is 0 Å². The molecule has 0 aromatic rings. The number of rotatable bonds is 19. The largest absolute Gasteiger partial charge is 0.468 e. The van der Waals surface area contributed by atoms with Gasteiger partial charge in [0.1, 0.15) is 0 Å². The average Bonchev–Trinajstić information content (AvgIpc) is 2.87. The SMILES string of the molecule is C=C(CC/C=C(\C)CCC=C(C)C)CCC1C=C(CC/C=C(\C)CCC=C(C)C)CC(C)C1.CCCCOC=O. The highest BCUT2D eigenvalue weighted by Crippen LogP contribution is 2.33. The zero-order valence-electron chi connectivity index (χ0n) is 27.7. The molecular formula is C38H64O2. The predicted molar refractivity (Wildman–Crippen MR) is 179 cm³/mol. The van der Waals surface area contributed by atoms with Gasteiger partial charge in [0.05, 0.1) is 6.61 Å². The van der Waals surface area contributed by atoms with Gasteiger partial charge < -0.3 is 4.74 Å². The summed E-state index contributed by atoms with van der Waals surface area (Å²) in [5.41, 5.74) is 9.06. The Morgan fingerprint density at radius 2 is 1.45 bits per heavy atom. The first-order chi connectivity index (χ1) is 19.1. The zero-order valence-corrected chi connectivity index (χ0v) is 27.7. The lowest BCUT2D eigenvalue weighted by molar-refractivity contribution is -0.128. The lowest BCUT2D eigenvalue weighted by Crippen LogP contribution is -2.12. The topological polar surface area (TPSA) is 26.3 Å². The van der Waals surface area contributed by atoms with E-state index in [1.165, 1.54) is 86.5 Å². The van der Waals surface area contributed by atoms with E-state index in [2.05, 4.69) is 90.2 Å². The maximum atomic E-state index is 9.46. The van der Waals surface area contributed by atoms with Crippen LogP contribution in [0.4, 0.5) is 0 Å². The van der Waals surface area contributed by atoms with Crippen LogP contribution in [0, 0.1) is 11.8 Å². The molecule has 0 amide bonds. The molecule has 2 nitrogen and oxygen atoms in total. The van der Waals surface area contributed by atoms with Crippen LogP contribution in [0.15, 0.2) is 70.4 Å². The van der Waals surface area contributed by atoms with Gasteiger partial charge in [-0.25, -0.2) is 0 Å². The Bertz CT molecular complexity index is 841. The minimum absolute atomic E-state index is 0.482. The molecule has 0 aromatic carbocycles. The third-order valence-corrected chi connectivity index (χ3v) is 7.47. The van der Waals surface area contributed by atoms with E-state index in [0.717, 1.165) is 37.5 Å². The summed E-state index contributed by atoms with van der Waals surface area (Å²) < 4.78 is 4.39. The van der Waals surface area contributed by atoms with Crippen LogP contribution >= 0.6 is 0 Å². The standard InChI is InChI=1S/C33H54.C5H10O2/c1-26(2)13-9-15-28(5)17-11-18-30(7)21-22-33-24-31(8)23-32(25-33)20-12-19-29(6)16-10-14-27(3)4;1-2-3-4-7-5-6/h13-14,17,19,25,31,33H,7,9-12,15-16,18,20-24H2,1-6,8H3;5H,2-4H2,1H3/b28-17+,29-19+;. The van der Waals surface area contributed by atoms with Gasteiger partial charge in [-0.15, -0.1) is 0 Å². The van der Waals surface area contributed by atoms with Crippen LogP contribution in [-0.4, -0.2) is 13.1 Å². The Morgan fingerprint density at radius 1 is 0.875 bits per heavy atom. The lowest BCUT2D eigenvalue weighted by atomic mass is 9.79. The molecule has 40 heavy (non-hydrogen) atoms. The minimum atomic E-state index is 0.482. The van der Waals surface area contributed by atoms with Gasteiger partial charge in [0.25, 0.3) is 6.47 Å². The molecule has 1 aliphatic rings. The van der Waals surface area contributed by atoms with Gasteiger partial charge in [0.2, 0.25) is 0 Å². The van der Waals surface area contributed by atoms with Gasteiger partial charge >= 0.3 is 0 Å². The Kier molecular flexibility index (Phi) is 23.4. The summed E-state index contributed by atoms with van der Waals surface area (Å²) in [5, 5.41) is 0. The second-order valence-electron chi connectivity index (χ2n) is 12.6. The van der Waals surface area contributed by atoms with Crippen molar-refractivity contribution in [1.29, 1.82) is 0 Å². The van der Waals surface area contributed by atoms with E-state index in [1.807, 2.05) is 6.92 Å². The van der Waals surface area contributed by atoms with Crippen LogP contribution in [0.5, 0.6) is 0 Å². The highest BCUT2D eigenvalue weighted by atomic mass is 16.5. The highest BCUT2D eigenvalue weighted by molar-refractivity contribution is 5.36. The van der Waals surface area contributed by atoms with Gasteiger partial charge in [-0.2, -0.15) is 0 Å². The van der Waals surface area contributed by atoms with Crippen molar-refractivity contribution in [3.8, 4) is 0 Å². The summed E-state index contributed by atoms with van der Waals surface area (Å²) >= 11 is 0. The summed E-state index contributed by atoms with van der Waals surface area (Å²) in [6.07, 6.45) is 28.9. The number of hydrogen-bond acceptors (Lipinski definition) is 2. The molecule has 0 N–H and O–H groups in total. The van der Waals surface area contributed by atoms with Crippen LogP contribution < -0.4 is 0 Å². The van der Waals surface area contributed by atoms with Crippen LogP contribution in [0.3, 0.4) is 0 Å². The van der Waals surface area contributed by atoms with Crippen LogP contribution in [0.1, 0.15) is 145 Å². The van der Waals surface area contributed by atoms with Crippen LogP contribution in [0.2, 0.25) is 0 Å². The third kappa shape index (κ3) is 23.8. The summed E-state index contributed by atoms with van der Waals surface area (Å²) in [4.78, 5) is 9.46. The molecule has 2 unspecified atom stereocenters. The van der Waals surface area contributed by atoms with Gasteiger partial charge in [-0.3, -0.25) is 4.79 Å². The van der Waals surface area contributed by atoms with Crippen molar-refractivity contribution in [2.24, 2.45) is 11.8 Å². The molecule has 1 aliphatic carbocycles. The van der Waals surface area contributed by atoms with Crippen molar-refractivity contribution in [2.45, 2.75) is 145 Å². The number of hydrogen-bond donors (Lipinski definition) is 0. The number of unbranched alkanes of at least 4 members (excludes halogenated alkanes) is 1. The molecule has 1 rings (SSSR count). The summed E-state index contributed by atoms with van der Waals surface area (Å²) in [6, 6.07) is 0. The molecule has 0 saturated carbocycles. The van der Waals surface area contributed by atoms with Crippen molar-refractivity contribution in [2.75, 3.05) is 6.61 Å². The number of ether oxygens (including phenoxy) is 1. The summed E-state index contributed by atoms with van der Waals surface area (Å²) in [6.45, 7) is 23.2. The van der Waals surface area contributed by atoms with E-state index >= 15 is 0 Å². The lowest BCUT2D eigenvalue weighted by Gasteiger charge is -2.26. The molecule has 0 spiro atoms. The van der Waals surface area contributed by atoms with E-state index in [9.17, 15) is 4.79 Å². The first-order valence-electron chi connectivity index (χ1n) is 16.1. The van der Waals surface area contributed by atoms with E-state index in [0.29, 0.717) is 13.1 Å². The second-order valence-corrected chi connectivity index (χ2v) is 12.6. The smallest absolute Gasteiger partial charge is 0.293 e. The number of carbonyl (C=O) groups is 1. The fourth-order valence-corrected chi connectivity index (χ4v) is 5.10. The Morgan fingerprint density at radius 3 is 2.00 bits per heavy atom. The molecule has 0 bridgehead atoms. The predicted octanol–water partition coefficient (Wildman–Crippen LogP) is 12.2. The van der Waals surface area contributed by atoms with E-state index in [-0.39, 0.29) is 0 Å². The van der Waals surface area contributed by atoms with Gasteiger partial charge in [-0.1, -0.05) is 90.7 Å². The van der Waals surface area contributed by atoms with Crippen molar-refractivity contribution < 1.29 is 9.53 Å². The van der Waals surface area contributed by atoms with E-state index in [4.69, 9.17) is 0 Å². The second kappa shape index (κ2) is 24.7. The summed E-state index contributed by atoms with van der Waals surface area (Å²) in [7, 11) is 0. The molecule has 2 atom stereocenters. The fourth-order valence-electron chi connectivity index (χ4n) is 5.10. The first kappa shape index (κ1) is 37.9. The molecular weight excluding hydrogens is 488 g/mol. The van der Waals surface area contributed by atoms with Gasteiger partial charge in [0, 0.05) is 0 Å². The molecule has 0 fully saturated rings. The molecule has 228 valence electrons. The molecule has 0 saturated heterocycles. The molecule has 2 heteroatoms.